The molecule has 9 nitrogen and oxygen atoms in total. The molecule has 1 aromatic heterocycles. The van der Waals surface area contributed by atoms with E-state index in [1.807, 2.05) is 19.0 Å². The number of alkyl halides is 3. The maximum atomic E-state index is 13.4. The van der Waals surface area contributed by atoms with Crippen LogP contribution in [0.15, 0.2) is 48.5 Å². The standard InChI is InChI=1S/C25H27ClF3N5O4/c1-31(2)12-13-33(16-35)22-21(23(36)32(3)4)34(15-17-8-10-18(26)11-9-17)24(30-22)37-19-6-5-7-20(14-19)38-25(27,28)29/h5-11,14,16H,12-13,15H2,1-4H3. The molecule has 0 atom stereocenters. The molecule has 0 fully saturated rings. The van der Waals surface area contributed by atoms with E-state index < -0.39 is 18.0 Å². The van der Waals surface area contributed by atoms with Gasteiger partial charge in [-0.3, -0.25) is 19.1 Å². The van der Waals surface area contributed by atoms with E-state index in [0.29, 0.717) is 18.0 Å². The molecular weight excluding hydrogens is 527 g/mol. The molecule has 0 saturated heterocycles. The molecule has 38 heavy (non-hydrogen) atoms. The second-order valence-electron chi connectivity index (χ2n) is 8.71. The Morgan fingerprint density at radius 3 is 2.29 bits per heavy atom. The van der Waals surface area contributed by atoms with Gasteiger partial charge in [-0.15, -0.1) is 13.2 Å². The van der Waals surface area contributed by atoms with Crippen LogP contribution in [-0.2, 0) is 11.3 Å². The van der Waals surface area contributed by atoms with Gasteiger partial charge in [0, 0.05) is 38.3 Å². The normalized spacial score (nSPS) is 11.4. The summed E-state index contributed by atoms with van der Waals surface area (Å²) in [5.74, 6) is -0.916. The number of benzene rings is 2. The summed E-state index contributed by atoms with van der Waals surface area (Å²) in [6, 6.07) is 11.7. The Kier molecular flexibility index (Phi) is 9.23. The summed E-state index contributed by atoms with van der Waals surface area (Å²) in [5, 5.41) is 0.512. The zero-order chi connectivity index (χ0) is 28.0. The molecule has 0 radical (unpaired) electrons. The largest absolute Gasteiger partial charge is 0.573 e. The minimum Gasteiger partial charge on any atom is -0.425 e. The second kappa shape index (κ2) is 12.2. The Balaban J connectivity index is 2.15. The smallest absolute Gasteiger partial charge is 0.425 e. The number of anilines is 1. The highest BCUT2D eigenvalue weighted by atomic mass is 35.5. The number of amides is 2. The molecule has 0 N–H and O–H groups in total. The summed E-state index contributed by atoms with van der Waals surface area (Å²) in [6.07, 6.45) is -4.33. The number of ether oxygens (including phenoxy) is 2. The maximum absolute atomic E-state index is 13.4. The van der Waals surface area contributed by atoms with Crippen molar-refractivity contribution in [2.45, 2.75) is 12.9 Å². The third-order valence-corrected chi connectivity index (χ3v) is 5.46. The third kappa shape index (κ3) is 7.62. The van der Waals surface area contributed by atoms with Gasteiger partial charge in [-0.1, -0.05) is 29.8 Å². The fourth-order valence-corrected chi connectivity index (χ4v) is 3.52. The van der Waals surface area contributed by atoms with E-state index >= 15 is 0 Å². The fraction of sp³-hybridized carbons (Fsp3) is 0.320. The van der Waals surface area contributed by atoms with Gasteiger partial charge in [0.1, 0.15) is 11.5 Å². The second-order valence-corrected chi connectivity index (χ2v) is 9.14. The average Bonchev–Trinajstić information content (AvgIpc) is 3.16. The van der Waals surface area contributed by atoms with Crippen LogP contribution < -0.4 is 14.4 Å². The van der Waals surface area contributed by atoms with Crippen molar-refractivity contribution in [3.8, 4) is 17.5 Å². The molecule has 0 saturated carbocycles. The number of nitrogens with zero attached hydrogens (tertiary/aromatic N) is 5. The number of carbonyl (C=O) groups excluding carboxylic acids is 2. The number of imidazole rings is 1. The van der Waals surface area contributed by atoms with Crippen LogP contribution in [0.25, 0.3) is 0 Å². The first-order valence-electron chi connectivity index (χ1n) is 11.3. The highest BCUT2D eigenvalue weighted by molar-refractivity contribution is 6.30. The molecule has 0 aliphatic rings. The van der Waals surface area contributed by atoms with Crippen LogP contribution in [0.4, 0.5) is 19.0 Å². The predicted molar refractivity (Wildman–Crippen MR) is 136 cm³/mol. The number of rotatable bonds is 11. The molecule has 0 bridgehead atoms. The number of carbonyl (C=O) groups is 2. The molecule has 3 aromatic rings. The van der Waals surface area contributed by atoms with Crippen LogP contribution in [0.1, 0.15) is 16.1 Å². The number of aromatic nitrogens is 2. The van der Waals surface area contributed by atoms with E-state index in [1.165, 1.54) is 26.5 Å². The molecule has 2 amide bonds. The molecule has 3 rings (SSSR count). The maximum Gasteiger partial charge on any atom is 0.573 e. The van der Waals surface area contributed by atoms with Crippen molar-refractivity contribution < 1.29 is 32.2 Å². The number of halogens is 4. The molecular formula is C25H27ClF3N5O4. The van der Waals surface area contributed by atoms with Crippen molar-refractivity contribution in [1.82, 2.24) is 19.4 Å². The van der Waals surface area contributed by atoms with Gasteiger partial charge in [0.05, 0.1) is 6.54 Å². The van der Waals surface area contributed by atoms with Crippen LogP contribution in [0, 0.1) is 0 Å². The summed E-state index contributed by atoms with van der Waals surface area (Å²) in [5.41, 5.74) is 0.796. The number of hydrogen-bond donors (Lipinski definition) is 0. The Morgan fingerprint density at radius 1 is 1.05 bits per heavy atom. The lowest BCUT2D eigenvalue weighted by Crippen LogP contribution is -2.33. The Labute approximate surface area is 222 Å². The summed E-state index contributed by atoms with van der Waals surface area (Å²) in [4.78, 5) is 34.4. The van der Waals surface area contributed by atoms with E-state index in [0.717, 1.165) is 17.7 Å². The molecule has 2 aromatic carbocycles. The van der Waals surface area contributed by atoms with E-state index in [1.54, 1.807) is 38.4 Å². The van der Waals surface area contributed by atoms with Gasteiger partial charge in [-0.25, -0.2) is 0 Å². The van der Waals surface area contributed by atoms with Crippen molar-refractivity contribution in [2.24, 2.45) is 0 Å². The van der Waals surface area contributed by atoms with Gasteiger partial charge in [0.25, 0.3) is 5.91 Å². The van der Waals surface area contributed by atoms with Crippen LogP contribution >= 0.6 is 11.6 Å². The van der Waals surface area contributed by atoms with Crippen LogP contribution in [0.5, 0.6) is 17.5 Å². The lowest BCUT2D eigenvalue weighted by atomic mass is 10.2. The zero-order valence-corrected chi connectivity index (χ0v) is 22.0. The van der Waals surface area contributed by atoms with Gasteiger partial charge in [-0.2, -0.15) is 4.98 Å². The van der Waals surface area contributed by atoms with Crippen molar-refractivity contribution in [1.29, 1.82) is 0 Å². The Bertz CT molecular complexity index is 1260. The van der Waals surface area contributed by atoms with Crippen molar-refractivity contribution in [3.05, 3.63) is 64.8 Å². The van der Waals surface area contributed by atoms with E-state index in [2.05, 4.69) is 9.72 Å². The minimum absolute atomic E-state index is 0.0181. The lowest BCUT2D eigenvalue weighted by Gasteiger charge is -2.20. The van der Waals surface area contributed by atoms with Gasteiger partial charge >= 0.3 is 12.4 Å². The minimum atomic E-state index is -4.89. The topological polar surface area (TPSA) is 80.1 Å². The quantitative estimate of drug-likeness (QED) is 0.325. The molecule has 0 unspecified atom stereocenters. The van der Waals surface area contributed by atoms with E-state index in [4.69, 9.17) is 16.3 Å². The van der Waals surface area contributed by atoms with E-state index in [-0.39, 0.29) is 36.4 Å². The SMILES string of the molecule is CN(C)CCN(C=O)c1nc(Oc2cccc(OC(F)(F)F)c2)n(Cc2ccc(Cl)cc2)c1C(=O)N(C)C. The highest BCUT2D eigenvalue weighted by Gasteiger charge is 2.32. The van der Waals surface area contributed by atoms with Crippen molar-refractivity contribution in [3.63, 3.8) is 0 Å². The summed E-state index contributed by atoms with van der Waals surface area (Å²) in [7, 11) is 6.77. The monoisotopic (exact) mass is 553 g/mol. The van der Waals surface area contributed by atoms with Crippen molar-refractivity contribution >= 4 is 29.7 Å². The van der Waals surface area contributed by atoms with Crippen LogP contribution in [0.2, 0.25) is 5.02 Å². The molecule has 1 heterocycles. The lowest BCUT2D eigenvalue weighted by molar-refractivity contribution is -0.274. The van der Waals surface area contributed by atoms with Gasteiger partial charge in [0.15, 0.2) is 11.5 Å². The first-order chi connectivity index (χ1) is 17.9. The number of likely N-dealkylation sites (N-methyl/N-ethyl adjacent to an activating group) is 1. The summed E-state index contributed by atoms with van der Waals surface area (Å²) < 4.78 is 49.6. The van der Waals surface area contributed by atoms with Gasteiger partial charge in [-0.05, 0) is 43.9 Å². The Hall–Kier alpha value is -3.77. The third-order valence-electron chi connectivity index (χ3n) is 5.21. The zero-order valence-electron chi connectivity index (χ0n) is 21.2. The highest BCUT2D eigenvalue weighted by Crippen LogP contribution is 2.33. The summed E-state index contributed by atoms with van der Waals surface area (Å²) in [6.45, 7) is 0.787. The van der Waals surface area contributed by atoms with Crippen molar-refractivity contribution in [2.75, 3.05) is 46.2 Å². The molecule has 204 valence electrons. The summed E-state index contributed by atoms with van der Waals surface area (Å²) >= 11 is 6.02. The molecule has 0 aliphatic heterocycles. The van der Waals surface area contributed by atoms with E-state index in [9.17, 15) is 22.8 Å². The molecule has 0 spiro atoms. The Morgan fingerprint density at radius 2 is 1.71 bits per heavy atom. The molecule has 13 heteroatoms. The first-order valence-corrected chi connectivity index (χ1v) is 11.7. The predicted octanol–water partition coefficient (Wildman–Crippen LogP) is 4.50. The molecule has 0 aliphatic carbocycles. The van der Waals surface area contributed by atoms with Crippen LogP contribution in [-0.4, -0.2) is 79.3 Å². The fourth-order valence-electron chi connectivity index (χ4n) is 3.40. The first kappa shape index (κ1) is 28.8. The number of hydrogen-bond acceptors (Lipinski definition) is 6. The average molecular weight is 554 g/mol. The van der Waals surface area contributed by atoms with Gasteiger partial charge < -0.3 is 19.3 Å². The van der Waals surface area contributed by atoms with Gasteiger partial charge in [0.2, 0.25) is 6.41 Å². The van der Waals surface area contributed by atoms with Crippen LogP contribution in [0.3, 0.4) is 0 Å².